The number of carbonyl (C=O) groups excluding carboxylic acids is 1. The molecule has 2 aromatic carbocycles. The molecule has 1 aromatic heterocycles. The minimum atomic E-state index is -0.348. The third-order valence-corrected chi connectivity index (χ3v) is 4.51. The van der Waals surface area contributed by atoms with Gasteiger partial charge in [-0.3, -0.25) is 4.79 Å². The molecule has 0 saturated heterocycles. The first kappa shape index (κ1) is 13.1. The van der Waals surface area contributed by atoms with E-state index in [1.54, 1.807) is 0 Å². The molecule has 1 amide bonds. The summed E-state index contributed by atoms with van der Waals surface area (Å²) in [5.41, 5.74) is 9.39. The van der Waals surface area contributed by atoms with Crippen molar-refractivity contribution in [3.8, 4) is 11.3 Å². The molecule has 3 heteroatoms. The molecule has 0 aliphatic heterocycles. The summed E-state index contributed by atoms with van der Waals surface area (Å²) in [4.78, 5) is 11.7. The lowest BCUT2D eigenvalue weighted by Gasteiger charge is -2.11. The Morgan fingerprint density at radius 3 is 2.50 bits per heavy atom. The second kappa shape index (κ2) is 4.73. The molecule has 0 spiro atoms. The molecule has 1 aliphatic carbocycles. The molecule has 0 radical (unpaired) electrons. The lowest BCUT2D eigenvalue weighted by atomic mass is 10.0. The molecule has 22 heavy (non-hydrogen) atoms. The Bertz CT molecular complexity index is 888. The molecule has 110 valence electrons. The SMILES string of the molecule is Cc1c(C(N)=O)cc(-c2ccc3ccccc3c2)n1C1CC1. The van der Waals surface area contributed by atoms with Crippen LogP contribution in [0.1, 0.15) is 34.9 Å². The summed E-state index contributed by atoms with van der Waals surface area (Å²) < 4.78 is 2.28. The molecule has 4 rings (SSSR count). The van der Waals surface area contributed by atoms with Crippen molar-refractivity contribution >= 4 is 16.7 Å². The zero-order valence-corrected chi connectivity index (χ0v) is 12.5. The Hall–Kier alpha value is -2.55. The molecule has 3 aromatic rings. The maximum atomic E-state index is 11.7. The van der Waals surface area contributed by atoms with Crippen molar-refractivity contribution in [1.82, 2.24) is 4.57 Å². The van der Waals surface area contributed by atoms with Crippen molar-refractivity contribution in [2.24, 2.45) is 5.73 Å². The van der Waals surface area contributed by atoms with Crippen molar-refractivity contribution in [3.63, 3.8) is 0 Å². The number of nitrogens with two attached hydrogens (primary N) is 1. The third kappa shape index (κ3) is 2.01. The third-order valence-electron chi connectivity index (χ3n) is 4.51. The Labute approximate surface area is 129 Å². The number of amides is 1. The van der Waals surface area contributed by atoms with Crippen molar-refractivity contribution in [2.45, 2.75) is 25.8 Å². The summed E-state index contributed by atoms with van der Waals surface area (Å²) in [5.74, 6) is -0.348. The lowest BCUT2D eigenvalue weighted by molar-refractivity contribution is 0.0999. The Morgan fingerprint density at radius 1 is 1.09 bits per heavy atom. The molecule has 1 heterocycles. The summed E-state index contributed by atoms with van der Waals surface area (Å²) in [7, 11) is 0. The van der Waals surface area contributed by atoms with Crippen LogP contribution in [0.15, 0.2) is 48.5 Å². The monoisotopic (exact) mass is 290 g/mol. The summed E-state index contributed by atoms with van der Waals surface area (Å²) in [6.45, 7) is 1.99. The molecule has 0 atom stereocenters. The van der Waals surface area contributed by atoms with E-state index in [1.807, 2.05) is 25.1 Å². The number of hydrogen-bond donors (Lipinski definition) is 1. The number of primary amides is 1. The maximum absolute atomic E-state index is 11.7. The van der Waals surface area contributed by atoms with Crippen LogP contribution in [-0.2, 0) is 0 Å². The fourth-order valence-electron chi connectivity index (χ4n) is 3.24. The highest BCUT2D eigenvalue weighted by Gasteiger charge is 2.29. The lowest BCUT2D eigenvalue weighted by Crippen LogP contribution is -2.12. The highest BCUT2D eigenvalue weighted by atomic mass is 16.1. The van der Waals surface area contributed by atoms with Crippen molar-refractivity contribution in [3.05, 3.63) is 59.8 Å². The molecule has 1 saturated carbocycles. The number of hydrogen-bond acceptors (Lipinski definition) is 1. The first-order valence-corrected chi connectivity index (χ1v) is 7.66. The molecule has 1 fully saturated rings. The highest BCUT2D eigenvalue weighted by Crippen LogP contribution is 2.41. The first-order chi connectivity index (χ1) is 10.6. The Kier molecular flexibility index (Phi) is 2.83. The van der Waals surface area contributed by atoms with Gasteiger partial charge in [-0.2, -0.15) is 0 Å². The summed E-state index contributed by atoms with van der Waals surface area (Å²) in [6.07, 6.45) is 2.35. The van der Waals surface area contributed by atoms with Gasteiger partial charge in [0.1, 0.15) is 0 Å². The quantitative estimate of drug-likeness (QED) is 0.777. The molecule has 3 nitrogen and oxygen atoms in total. The number of benzene rings is 2. The van der Waals surface area contributed by atoms with Gasteiger partial charge in [0.2, 0.25) is 0 Å². The van der Waals surface area contributed by atoms with E-state index in [1.165, 1.54) is 23.6 Å². The van der Waals surface area contributed by atoms with E-state index < -0.39 is 0 Å². The zero-order chi connectivity index (χ0) is 15.3. The van der Waals surface area contributed by atoms with Crippen LogP contribution in [0.5, 0.6) is 0 Å². The topological polar surface area (TPSA) is 48.0 Å². The normalized spacial score (nSPS) is 14.4. The van der Waals surface area contributed by atoms with Gasteiger partial charge < -0.3 is 10.3 Å². The van der Waals surface area contributed by atoms with Crippen molar-refractivity contribution in [2.75, 3.05) is 0 Å². The summed E-state index contributed by atoms with van der Waals surface area (Å²) >= 11 is 0. The van der Waals surface area contributed by atoms with E-state index in [2.05, 4.69) is 34.9 Å². The second-order valence-corrected chi connectivity index (χ2v) is 6.06. The van der Waals surface area contributed by atoms with Gasteiger partial charge in [0.05, 0.1) is 5.56 Å². The first-order valence-electron chi connectivity index (χ1n) is 7.66. The van der Waals surface area contributed by atoms with E-state index in [9.17, 15) is 4.79 Å². The van der Waals surface area contributed by atoms with Crippen LogP contribution >= 0.6 is 0 Å². The van der Waals surface area contributed by atoms with E-state index in [0.717, 1.165) is 17.0 Å². The standard InChI is InChI=1S/C19H18N2O/c1-12-17(19(20)22)11-18(21(12)16-8-9-16)15-7-6-13-4-2-3-5-14(13)10-15/h2-7,10-11,16H,8-9H2,1H3,(H2,20,22). The molecule has 0 unspecified atom stereocenters. The van der Waals surface area contributed by atoms with E-state index in [4.69, 9.17) is 5.73 Å². The predicted octanol–water partition coefficient (Wildman–Crippen LogP) is 4.05. The average Bonchev–Trinajstić information content (AvgIpc) is 3.29. The van der Waals surface area contributed by atoms with Crippen LogP contribution in [0.2, 0.25) is 0 Å². The van der Waals surface area contributed by atoms with Gasteiger partial charge in [0, 0.05) is 17.4 Å². The van der Waals surface area contributed by atoms with Crippen molar-refractivity contribution < 1.29 is 4.79 Å². The molecular weight excluding hydrogens is 272 g/mol. The van der Waals surface area contributed by atoms with Gasteiger partial charge in [-0.15, -0.1) is 0 Å². The zero-order valence-electron chi connectivity index (χ0n) is 12.5. The fourth-order valence-corrected chi connectivity index (χ4v) is 3.24. The maximum Gasteiger partial charge on any atom is 0.250 e. The van der Waals surface area contributed by atoms with Gasteiger partial charge in [0.15, 0.2) is 0 Å². The molecule has 0 bridgehead atoms. The smallest absolute Gasteiger partial charge is 0.250 e. The van der Waals surface area contributed by atoms with Gasteiger partial charge >= 0.3 is 0 Å². The predicted molar refractivity (Wildman–Crippen MR) is 88.9 cm³/mol. The van der Waals surface area contributed by atoms with Gasteiger partial charge in [0.25, 0.3) is 5.91 Å². The van der Waals surface area contributed by atoms with Gasteiger partial charge in [-0.25, -0.2) is 0 Å². The number of fused-ring (bicyclic) bond motifs is 1. The van der Waals surface area contributed by atoms with Crippen LogP contribution in [-0.4, -0.2) is 10.5 Å². The van der Waals surface area contributed by atoms with Crippen LogP contribution in [0.4, 0.5) is 0 Å². The number of rotatable bonds is 3. The van der Waals surface area contributed by atoms with Crippen LogP contribution in [0, 0.1) is 6.92 Å². The Balaban J connectivity index is 1.93. The summed E-state index contributed by atoms with van der Waals surface area (Å²) in [5, 5.41) is 2.43. The molecule has 1 aliphatic rings. The highest BCUT2D eigenvalue weighted by molar-refractivity contribution is 5.96. The fraction of sp³-hybridized carbons (Fsp3) is 0.211. The van der Waals surface area contributed by atoms with E-state index >= 15 is 0 Å². The number of aromatic nitrogens is 1. The van der Waals surface area contributed by atoms with E-state index in [0.29, 0.717) is 11.6 Å². The van der Waals surface area contributed by atoms with Crippen molar-refractivity contribution in [1.29, 1.82) is 0 Å². The largest absolute Gasteiger partial charge is 0.366 e. The average molecular weight is 290 g/mol. The van der Waals surface area contributed by atoms with Gasteiger partial charge in [-0.1, -0.05) is 36.4 Å². The summed E-state index contributed by atoms with van der Waals surface area (Å²) in [6, 6.07) is 17.2. The van der Waals surface area contributed by atoms with Crippen LogP contribution in [0.25, 0.3) is 22.0 Å². The molecule has 2 N–H and O–H groups in total. The Morgan fingerprint density at radius 2 is 1.82 bits per heavy atom. The van der Waals surface area contributed by atoms with Gasteiger partial charge in [-0.05, 0) is 48.2 Å². The number of carbonyl (C=O) groups is 1. The number of nitrogens with zero attached hydrogens (tertiary/aromatic N) is 1. The minimum absolute atomic E-state index is 0.348. The van der Waals surface area contributed by atoms with E-state index in [-0.39, 0.29) is 5.91 Å². The molecular formula is C19H18N2O. The van der Waals surface area contributed by atoms with Crippen LogP contribution < -0.4 is 5.73 Å². The van der Waals surface area contributed by atoms with Crippen LogP contribution in [0.3, 0.4) is 0 Å². The minimum Gasteiger partial charge on any atom is -0.366 e. The second-order valence-electron chi connectivity index (χ2n) is 6.06.